The van der Waals surface area contributed by atoms with Crippen LogP contribution in [0.2, 0.25) is 0 Å². The van der Waals surface area contributed by atoms with Crippen molar-refractivity contribution in [3.8, 4) is 5.75 Å². The number of ether oxygens (including phenoxy) is 2. The topological polar surface area (TPSA) is 72.9 Å². The number of benzene rings is 1. The van der Waals surface area contributed by atoms with Crippen LogP contribution >= 0.6 is 0 Å². The Balaban J connectivity index is 2.19. The standard InChI is InChI=1S/C16H15NO5/c1-21-13-7-5-11(10-12(13)16(20)22-2)6-8-15(19)17-9-3-4-14(17)18/h3-8,10H,9H2,1-2H3/b8-6+. The molecule has 1 aliphatic heterocycles. The predicted molar refractivity (Wildman–Crippen MR) is 79.2 cm³/mol. The zero-order valence-corrected chi connectivity index (χ0v) is 12.2. The van der Waals surface area contributed by atoms with Crippen LogP contribution in [0, 0.1) is 0 Å². The second-order valence-corrected chi connectivity index (χ2v) is 4.47. The molecule has 0 spiro atoms. The van der Waals surface area contributed by atoms with Crippen molar-refractivity contribution >= 4 is 23.9 Å². The molecule has 1 aromatic rings. The van der Waals surface area contributed by atoms with E-state index in [0.717, 1.165) is 4.90 Å². The number of methoxy groups -OCH3 is 2. The molecule has 0 saturated carbocycles. The van der Waals surface area contributed by atoms with E-state index in [9.17, 15) is 14.4 Å². The van der Waals surface area contributed by atoms with Crippen molar-refractivity contribution in [2.45, 2.75) is 0 Å². The summed E-state index contributed by atoms with van der Waals surface area (Å²) in [5.41, 5.74) is 0.882. The molecule has 0 bridgehead atoms. The summed E-state index contributed by atoms with van der Waals surface area (Å²) in [5, 5.41) is 0. The van der Waals surface area contributed by atoms with Gasteiger partial charge in [0.05, 0.1) is 14.2 Å². The molecule has 22 heavy (non-hydrogen) atoms. The predicted octanol–water partition coefficient (Wildman–Crippen LogP) is 1.42. The summed E-state index contributed by atoms with van der Waals surface area (Å²) in [6.45, 7) is 0.276. The van der Waals surface area contributed by atoms with Crippen LogP contribution in [0.15, 0.2) is 36.4 Å². The van der Waals surface area contributed by atoms with Gasteiger partial charge in [0, 0.05) is 18.7 Å². The molecule has 0 aliphatic carbocycles. The SMILES string of the molecule is COC(=O)c1cc(/C=C/C(=O)N2CC=CC2=O)ccc1OC. The number of hydrogen-bond donors (Lipinski definition) is 0. The first kappa shape index (κ1) is 15.5. The van der Waals surface area contributed by atoms with E-state index >= 15 is 0 Å². The summed E-state index contributed by atoms with van der Waals surface area (Å²) >= 11 is 0. The number of imide groups is 1. The largest absolute Gasteiger partial charge is 0.496 e. The fourth-order valence-corrected chi connectivity index (χ4v) is 1.99. The number of carbonyl (C=O) groups excluding carboxylic acids is 3. The van der Waals surface area contributed by atoms with Gasteiger partial charge in [0.25, 0.3) is 11.8 Å². The molecule has 0 unspecified atom stereocenters. The highest BCUT2D eigenvalue weighted by Gasteiger charge is 2.20. The van der Waals surface area contributed by atoms with Crippen molar-refractivity contribution in [1.82, 2.24) is 4.90 Å². The van der Waals surface area contributed by atoms with Gasteiger partial charge in [-0.15, -0.1) is 0 Å². The Morgan fingerprint density at radius 1 is 1.27 bits per heavy atom. The number of amides is 2. The molecular formula is C16H15NO5. The number of carbonyl (C=O) groups is 3. The van der Waals surface area contributed by atoms with Gasteiger partial charge < -0.3 is 9.47 Å². The van der Waals surface area contributed by atoms with Crippen LogP contribution in [-0.2, 0) is 14.3 Å². The smallest absolute Gasteiger partial charge is 0.341 e. The van der Waals surface area contributed by atoms with Crippen molar-refractivity contribution in [2.24, 2.45) is 0 Å². The van der Waals surface area contributed by atoms with E-state index in [1.165, 1.54) is 32.4 Å². The van der Waals surface area contributed by atoms with Crippen LogP contribution in [0.5, 0.6) is 5.75 Å². The van der Waals surface area contributed by atoms with Crippen LogP contribution in [0.3, 0.4) is 0 Å². The minimum atomic E-state index is -0.530. The number of esters is 1. The molecule has 0 fully saturated rings. The lowest BCUT2D eigenvalue weighted by atomic mass is 10.1. The van der Waals surface area contributed by atoms with Crippen LogP contribution in [-0.4, -0.2) is 43.4 Å². The maximum Gasteiger partial charge on any atom is 0.341 e. The Labute approximate surface area is 127 Å². The van der Waals surface area contributed by atoms with E-state index in [4.69, 9.17) is 4.74 Å². The maximum absolute atomic E-state index is 11.9. The Hall–Kier alpha value is -2.89. The Bertz CT molecular complexity index is 675. The molecule has 0 radical (unpaired) electrons. The molecule has 0 aromatic heterocycles. The lowest BCUT2D eigenvalue weighted by Gasteiger charge is -2.10. The number of rotatable bonds is 4. The van der Waals surface area contributed by atoms with E-state index in [0.29, 0.717) is 11.3 Å². The van der Waals surface area contributed by atoms with Crippen molar-refractivity contribution in [1.29, 1.82) is 0 Å². The molecule has 6 nitrogen and oxygen atoms in total. The van der Waals surface area contributed by atoms with Gasteiger partial charge in [0.1, 0.15) is 11.3 Å². The Morgan fingerprint density at radius 2 is 2.05 bits per heavy atom. The zero-order valence-electron chi connectivity index (χ0n) is 12.2. The second-order valence-electron chi connectivity index (χ2n) is 4.47. The summed E-state index contributed by atoms with van der Waals surface area (Å²) in [7, 11) is 2.73. The number of nitrogens with zero attached hydrogens (tertiary/aromatic N) is 1. The lowest BCUT2D eigenvalue weighted by molar-refractivity contribution is -0.137. The fourth-order valence-electron chi connectivity index (χ4n) is 1.99. The molecule has 2 rings (SSSR count). The Kier molecular flexibility index (Phi) is 4.73. The van der Waals surface area contributed by atoms with Gasteiger partial charge in [-0.3, -0.25) is 14.5 Å². The molecule has 0 N–H and O–H groups in total. The third-order valence-electron chi connectivity index (χ3n) is 3.13. The highest BCUT2D eigenvalue weighted by molar-refractivity contribution is 6.08. The van der Waals surface area contributed by atoms with Gasteiger partial charge >= 0.3 is 5.97 Å². The van der Waals surface area contributed by atoms with Crippen molar-refractivity contribution < 1.29 is 23.9 Å². The minimum Gasteiger partial charge on any atom is -0.496 e. The minimum absolute atomic E-state index is 0.263. The van der Waals surface area contributed by atoms with Crippen LogP contribution in [0.25, 0.3) is 6.08 Å². The van der Waals surface area contributed by atoms with E-state index < -0.39 is 11.9 Å². The van der Waals surface area contributed by atoms with E-state index in [1.54, 1.807) is 24.3 Å². The molecule has 0 atom stereocenters. The van der Waals surface area contributed by atoms with Gasteiger partial charge in [-0.05, 0) is 23.8 Å². The monoisotopic (exact) mass is 301 g/mol. The van der Waals surface area contributed by atoms with E-state index in [2.05, 4.69) is 4.74 Å². The van der Waals surface area contributed by atoms with Crippen molar-refractivity contribution in [3.05, 3.63) is 47.6 Å². The summed E-state index contributed by atoms with van der Waals surface area (Å²) in [6.07, 6.45) is 5.79. The van der Waals surface area contributed by atoms with Crippen LogP contribution in [0.1, 0.15) is 15.9 Å². The molecular weight excluding hydrogens is 286 g/mol. The number of hydrogen-bond acceptors (Lipinski definition) is 5. The third kappa shape index (κ3) is 3.22. The molecule has 2 amide bonds. The quantitative estimate of drug-likeness (QED) is 0.621. The van der Waals surface area contributed by atoms with Crippen LogP contribution in [0.4, 0.5) is 0 Å². The lowest BCUT2D eigenvalue weighted by Crippen LogP contribution is -2.30. The first-order valence-corrected chi connectivity index (χ1v) is 6.53. The summed E-state index contributed by atoms with van der Waals surface area (Å²) in [4.78, 5) is 36.1. The maximum atomic E-state index is 11.9. The van der Waals surface area contributed by atoms with Gasteiger partial charge in [-0.25, -0.2) is 4.79 Å². The molecule has 1 heterocycles. The third-order valence-corrected chi connectivity index (χ3v) is 3.13. The first-order chi connectivity index (χ1) is 10.6. The molecule has 0 saturated heterocycles. The van der Waals surface area contributed by atoms with Gasteiger partial charge in [-0.1, -0.05) is 12.1 Å². The van der Waals surface area contributed by atoms with Crippen molar-refractivity contribution in [3.63, 3.8) is 0 Å². The van der Waals surface area contributed by atoms with Crippen molar-refractivity contribution in [2.75, 3.05) is 20.8 Å². The van der Waals surface area contributed by atoms with E-state index in [1.807, 2.05) is 0 Å². The average Bonchev–Trinajstić information content (AvgIpc) is 2.97. The Morgan fingerprint density at radius 3 is 2.64 bits per heavy atom. The summed E-state index contributed by atoms with van der Waals surface area (Å²) < 4.78 is 9.77. The molecule has 1 aliphatic rings. The molecule has 6 heteroatoms. The summed E-state index contributed by atoms with van der Waals surface area (Å²) in [5.74, 6) is -0.892. The highest BCUT2D eigenvalue weighted by atomic mass is 16.5. The fraction of sp³-hybridized carbons (Fsp3) is 0.188. The van der Waals surface area contributed by atoms with Crippen LogP contribution < -0.4 is 4.74 Å². The van der Waals surface area contributed by atoms with Gasteiger partial charge in [-0.2, -0.15) is 0 Å². The molecule has 114 valence electrons. The average molecular weight is 301 g/mol. The highest BCUT2D eigenvalue weighted by Crippen LogP contribution is 2.21. The first-order valence-electron chi connectivity index (χ1n) is 6.53. The zero-order chi connectivity index (χ0) is 16.1. The second kappa shape index (κ2) is 6.71. The van der Waals surface area contributed by atoms with E-state index in [-0.39, 0.29) is 18.0 Å². The molecule has 1 aromatic carbocycles. The summed E-state index contributed by atoms with van der Waals surface area (Å²) in [6, 6.07) is 4.86. The van der Waals surface area contributed by atoms with Gasteiger partial charge in [0.2, 0.25) is 0 Å². The van der Waals surface area contributed by atoms with Gasteiger partial charge in [0.15, 0.2) is 0 Å². The normalized spacial score (nSPS) is 13.7.